The first-order valence-electron chi connectivity index (χ1n) is 4.66. The summed E-state index contributed by atoms with van der Waals surface area (Å²) in [5.74, 6) is 0.590. The summed E-state index contributed by atoms with van der Waals surface area (Å²) in [4.78, 5) is 10.9. The monoisotopic (exact) mass is 168 g/mol. The Kier molecular flexibility index (Phi) is 1.65. The van der Waals surface area contributed by atoms with Crippen LogP contribution in [0.15, 0.2) is 0 Å². The van der Waals surface area contributed by atoms with E-state index in [1.54, 1.807) is 0 Å². The Bertz CT molecular complexity index is 217. The average Bonchev–Trinajstić information content (AvgIpc) is 2.42. The maximum Gasteiger partial charge on any atom is 0.218 e. The van der Waals surface area contributed by atoms with E-state index in [1.165, 1.54) is 6.42 Å². The molecule has 2 aliphatic rings. The topological polar surface area (TPSA) is 69.1 Å². The van der Waals surface area contributed by atoms with Gasteiger partial charge in [0.2, 0.25) is 5.91 Å². The van der Waals surface area contributed by atoms with Crippen molar-refractivity contribution in [2.75, 3.05) is 0 Å². The number of fused-ring (bicyclic) bond motifs is 2. The van der Waals surface area contributed by atoms with Crippen molar-refractivity contribution in [2.45, 2.75) is 38.1 Å². The Balaban J connectivity index is 2.13. The number of amides is 1. The van der Waals surface area contributed by atoms with Crippen molar-refractivity contribution in [1.29, 1.82) is 0 Å². The lowest BCUT2D eigenvalue weighted by atomic mass is 9.77. The minimum absolute atomic E-state index is 0.0938. The molecule has 2 aliphatic carbocycles. The number of hydrogen-bond acceptors (Lipinski definition) is 2. The average molecular weight is 168 g/mol. The molecule has 12 heavy (non-hydrogen) atoms. The summed E-state index contributed by atoms with van der Waals surface area (Å²) in [6.45, 7) is 0. The Morgan fingerprint density at radius 3 is 2.75 bits per heavy atom. The summed E-state index contributed by atoms with van der Waals surface area (Å²) in [5.41, 5.74) is 11.3. The normalized spacial score (nSPS) is 45.1. The van der Waals surface area contributed by atoms with Crippen LogP contribution in [-0.2, 0) is 4.79 Å². The number of rotatable bonds is 2. The van der Waals surface area contributed by atoms with Gasteiger partial charge in [-0.3, -0.25) is 4.79 Å². The van der Waals surface area contributed by atoms with Gasteiger partial charge in [0, 0.05) is 12.5 Å². The molecule has 3 unspecified atom stereocenters. The highest BCUT2D eigenvalue weighted by Gasteiger charge is 2.50. The van der Waals surface area contributed by atoms with E-state index in [0.29, 0.717) is 6.42 Å². The Morgan fingerprint density at radius 1 is 1.58 bits per heavy atom. The van der Waals surface area contributed by atoms with Crippen LogP contribution in [0.25, 0.3) is 0 Å². The predicted octanol–water partition coefficient (Wildman–Crippen LogP) is 0.379. The Labute approximate surface area is 72.5 Å². The molecule has 0 aromatic rings. The third-order valence-electron chi connectivity index (χ3n) is 3.65. The lowest BCUT2D eigenvalue weighted by Gasteiger charge is -2.31. The minimum atomic E-state index is -0.187. The van der Waals surface area contributed by atoms with Crippen LogP contribution in [-0.4, -0.2) is 11.9 Å². The zero-order valence-electron chi connectivity index (χ0n) is 7.25. The van der Waals surface area contributed by atoms with Gasteiger partial charge in [-0.1, -0.05) is 0 Å². The van der Waals surface area contributed by atoms with E-state index in [2.05, 4.69) is 0 Å². The number of nitrogens with two attached hydrogens (primary N) is 2. The van der Waals surface area contributed by atoms with Gasteiger partial charge in [-0.05, 0) is 37.0 Å². The molecule has 2 saturated carbocycles. The zero-order valence-corrected chi connectivity index (χ0v) is 7.25. The van der Waals surface area contributed by atoms with Gasteiger partial charge in [-0.15, -0.1) is 0 Å². The van der Waals surface area contributed by atoms with Crippen LogP contribution < -0.4 is 11.5 Å². The van der Waals surface area contributed by atoms with Crippen LogP contribution in [0.2, 0.25) is 0 Å². The first-order chi connectivity index (χ1) is 5.62. The maximum absolute atomic E-state index is 10.9. The largest absolute Gasteiger partial charge is 0.370 e. The van der Waals surface area contributed by atoms with E-state index in [9.17, 15) is 4.79 Å². The smallest absolute Gasteiger partial charge is 0.218 e. The van der Waals surface area contributed by atoms with Crippen LogP contribution in [0.4, 0.5) is 0 Å². The Morgan fingerprint density at radius 2 is 2.33 bits per heavy atom. The summed E-state index contributed by atoms with van der Waals surface area (Å²) in [7, 11) is 0. The first-order valence-corrected chi connectivity index (χ1v) is 4.66. The summed E-state index contributed by atoms with van der Waals surface area (Å²) in [6.07, 6.45) is 5.11. The van der Waals surface area contributed by atoms with Crippen LogP contribution >= 0.6 is 0 Å². The molecule has 1 amide bonds. The van der Waals surface area contributed by atoms with Crippen molar-refractivity contribution in [3.63, 3.8) is 0 Å². The summed E-state index contributed by atoms with van der Waals surface area (Å²) in [6, 6.07) is 0.226. The molecule has 0 aliphatic heterocycles. The van der Waals surface area contributed by atoms with Crippen molar-refractivity contribution in [2.24, 2.45) is 22.8 Å². The molecule has 4 N–H and O–H groups in total. The fourth-order valence-corrected chi connectivity index (χ4v) is 3.06. The van der Waals surface area contributed by atoms with E-state index in [0.717, 1.165) is 25.2 Å². The van der Waals surface area contributed by atoms with Crippen LogP contribution in [0.3, 0.4) is 0 Å². The molecule has 3 heteroatoms. The van der Waals surface area contributed by atoms with Crippen LogP contribution in [0.5, 0.6) is 0 Å². The minimum Gasteiger partial charge on any atom is -0.370 e. The molecular weight excluding hydrogens is 152 g/mol. The summed E-state index contributed by atoms with van der Waals surface area (Å²) < 4.78 is 0. The van der Waals surface area contributed by atoms with E-state index in [-0.39, 0.29) is 17.4 Å². The van der Waals surface area contributed by atoms with E-state index < -0.39 is 0 Å². The second-order valence-electron chi connectivity index (χ2n) is 4.46. The fraction of sp³-hybridized carbons (Fsp3) is 0.889. The van der Waals surface area contributed by atoms with Gasteiger partial charge in [-0.2, -0.15) is 0 Å². The van der Waals surface area contributed by atoms with Crippen molar-refractivity contribution in [1.82, 2.24) is 0 Å². The van der Waals surface area contributed by atoms with Gasteiger partial charge in [0.1, 0.15) is 0 Å². The van der Waals surface area contributed by atoms with E-state index >= 15 is 0 Å². The number of hydrogen-bond donors (Lipinski definition) is 2. The lowest BCUT2D eigenvalue weighted by molar-refractivity contribution is -0.120. The molecule has 2 bridgehead atoms. The fourth-order valence-electron chi connectivity index (χ4n) is 3.06. The Hall–Kier alpha value is -0.570. The van der Waals surface area contributed by atoms with E-state index in [1.807, 2.05) is 0 Å². The van der Waals surface area contributed by atoms with Gasteiger partial charge < -0.3 is 11.5 Å². The highest BCUT2D eigenvalue weighted by molar-refractivity contribution is 5.74. The van der Waals surface area contributed by atoms with Gasteiger partial charge in [0.05, 0.1) is 0 Å². The summed E-state index contributed by atoms with van der Waals surface area (Å²) in [5, 5.41) is 0. The van der Waals surface area contributed by atoms with Crippen molar-refractivity contribution >= 4 is 5.91 Å². The maximum atomic E-state index is 10.9. The molecule has 0 heterocycles. The molecule has 0 saturated heterocycles. The third-order valence-corrected chi connectivity index (χ3v) is 3.65. The second kappa shape index (κ2) is 2.46. The number of carbonyl (C=O) groups is 1. The molecule has 2 fully saturated rings. The standard InChI is InChI=1S/C9H16N2O/c10-7-3-6-1-2-9(7,4-6)5-8(11)12/h6-7H,1-5,10H2,(H2,11,12). The molecule has 3 nitrogen and oxygen atoms in total. The quantitative estimate of drug-likeness (QED) is 0.625. The summed E-state index contributed by atoms with van der Waals surface area (Å²) >= 11 is 0. The second-order valence-corrected chi connectivity index (χ2v) is 4.46. The third kappa shape index (κ3) is 1.04. The molecule has 0 aromatic heterocycles. The molecule has 3 atom stereocenters. The van der Waals surface area contributed by atoms with Crippen molar-refractivity contribution < 1.29 is 4.79 Å². The predicted molar refractivity (Wildman–Crippen MR) is 46.2 cm³/mol. The zero-order chi connectivity index (χ0) is 8.77. The lowest BCUT2D eigenvalue weighted by Crippen LogP contribution is -2.40. The molecule has 2 rings (SSSR count). The van der Waals surface area contributed by atoms with Crippen molar-refractivity contribution in [3.05, 3.63) is 0 Å². The number of primary amides is 1. The van der Waals surface area contributed by atoms with Gasteiger partial charge >= 0.3 is 0 Å². The SMILES string of the molecule is NC(=O)CC12CCC(CC1N)C2. The van der Waals surface area contributed by atoms with Crippen LogP contribution in [0.1, 0.15) is 32.1 Å². The highest BCUT2D eigenvalue weighted by atomic mass is 16.1. The van der Waals surface area contributed by atoms with Gasteiger partial charge in [0.25, 0.3) is 0 Å². The molecule has 0 aromatic carbocycles. The van der Waals surface area contributed by atoms with Crippen molar-refractivity contribution in [3.8, 4) is 0 Å². The first kappa shape index (κ1) is 8.05. The molecular formula is C9H16N2O. The molecule has 0 radical (unpaired) electrons. The number of carbonyl (C=O) groups excluding carboxylic acids is 1. The van der Waals surface area contributed by atoms with E-state index in [4.69, 9.17) is 11.5 Å². The molecule has 68 valence electrons. The highest BCUT2D eigenvalue weighted by Crippen LogP contribution is 2.55. The van der Waals surface area contributed by atoms with Gasteiger partial charge in [0.15, 0.2) is 0 Å². The van der Waals surface area contributed by atoms with Crippen LogP contribution in [0, 0.1) is 11.3 Å². The van der Waals surface area contributed by atoms with Gasteiger partial charge in [-0.25, -0.2) is 0 Å². The molecule has 0 spiro atoms.